The average Bonchev–Trinajstić information content (AvgIpc) is 2.27. The lowest BCUT2D eigenvalue weighted by atomic mass is 10.1. The zero-order chi connectivity index (χ0) is 14.7. The predicted molar refractivity (Wildman–Crippen MR) is 93.0 cm³/mol. The maximum atomic E-state index is 2.41. The first-order valence-electron chi connectivity index (χ1n) is 7.48. The second kappa shape index (κ2) is 11.4. The second-order valence-electron chi connectivity index (χ2n) is 5.84. The Hall–Kier alpha value is -0.430. The van der Waals surface area contributed by atoms with E-state index in [4.69, 9.17) is 0 Å². The minimum atomic E-state index is 0.737. The summed E-state index contributed by atoms with van der Waals surface area (Å²) < 4.78 is 0. The van der Waals surface area contributed by atoms with Crippen LogP contribution >= 0.6 is 11.8 Å². The van der Waals surface area contributed by atoms with E-state index in [1.807, 2.05) is 11.8 Å². The van der Waals surface area contributed by atoms with Crippen molar-refractivity contribution in [3.8, 4) is 0 Å². The van der Waals surface area contributed by atoms with Gasteiger partial charge in [0.2, 0.25) is 0 Å². The predicted octanol–water partition coefficient (Wildman–Crippen LogP) is 6.55. The molecular formula is C18H32S. The molecule has 0 unspecified atom stereocenters. The van der Waals surface area contributed by atoms with Crippen molar-refractivity contribution in [3.05, 3.63) is 34.9 Å². The van der Waals surface area contributed by atoms with Gasteiger partial charge in [-0.3, -0.25) is 0 Å². The lowest BCUT2D eigenvalue weighted by Gasteiger charge is -2.03. The van der Waals surface area contributed by atoms with Gasteiger partial charge in [-0.25, -0.2) is 0 Å². The maximum absolute atomic E-state index is 2.41. The van der Waals surface area contributed by atoms with E-state index in [1.54, 1.807) is 0 Å². The van der Waals surface area contributed by atoms with Crippen molar-refractivity contribution in [1.82, 2.24) is 0 Å². The smallest absolute Gasteiger partial charge is 0.0118 e. The first kappa shape index (κ1) is 18.6. The Labute approximate surface area is 125 Å². The molecule has 0 spiro atoms. The SMILES string of the molecule is CC(C)=CCC/C(C)=C/CC/C(C)=C/CSC(C)C. The van der Waals surface area contributed by atoms with E-state index in [2.05, 4.69) is 59.8 Å². The van der Waals surface area contributed by atoms with Crippen molar-refractivity contribution in [1.29, 1.82) is 0 Å². The molecule has 1 heteroatoms. The fourth-order valence-electron chi connectivity index (χ4n) is 1.72. The van der Waals surface area contributed by atoms with Gasteiger partial charge in [0, 0.05) is 5.75 Å². The standard InChI is InChI=1S/C18H32S/c1-15(2)9-7-10-17(5)11-8-12-18(6)13-14-19-16(3)4/h9,11,13,16H,7-8,10,12,14H2,1-6H3/b17-11+,18-13+. The summed E-state index contributed by atoms with van der Waals surface area (Å²) in [7, 11) is 0. The average molecular weight is 281 g/mol. The number of thioether (sulfide) groups is 1. The monoisotopic (exact) mass is 280 g/mol. The van der Waals surface area contributed by atoms with Gasteiger partial charge in [0.25, 0.3) is 0 Å². The molecule has 0 amide bonds. The highest BCUT2D eigenvalue weighted by Crippen LogP contribution is 2.14. The quantitative estimate of drug-likeness (QED) is 0.432. The number of hydrogen-bond donors (Lipinski definition) is 0. The summed E-state index contributed by atoms with van der Waals surface area (Å²) in [6.07, 6.45) is 11.9. The summed E-state index contributed by atoms with van der Waals surface area (Å²) in [6.45, 7) is 13.4. The topological polar surface area (TPSA) is 0 Å². The van der Waals surface area contributed by atoms with Crippen molar-refractivity contribution >= 4 is 11.8 Å². The Kier molecular flexibility index (Phi) is 11.1. The highest BCUT2D eigenvalue weighted by atomic mass is 32.2. The molecule has 0 aliphatic carbocycles. The van der Waals surface area contributed by atoms with Crippen molar-refractivity contribution in [2.24, 2.45) is 0 Å². The van der Waals surface area contributed by atoms with Gasteiger partial charge in [-0.05, 0) is 58.6 Å². The van der Waals surface area contributed by atoms with Gasteiger partial charge >= 0.3 is 0 Å². The molecule has 0 saturated carbocycles. The summed E-state index contributed by atoms with van der Waals surface area (Å²) in [5, 5.41) is 0.737. The highest BCUT2D eigenvalue weighted by Gasteiger charge is 1.94. The van der Waals surface area contributed by atoms with E-state index in [1.165, 1.54) is 42.4 Å². The molecule has 110 valence electrons. The molecule has 0 aliphatic heterocycles. The lowest BCUT2D eigenvalue weighted by molar-refractivity contribution is 0.917. The maximum Gasteiger partial charge on any atom is 0.0118 e. The molecule has 0 aromatic carbocycles. The van der Waals surface area contributed by atoms with E-state index in [9.17, 15) is 0 Å². The minimum Gasteiger partial charge on any atom is -0.155 e. The van der Waals surface area contributed by atoms with Crippen LogP contribution in [0, 0.1) is 0 Å². The Morgan fingerprint density at radius 3 is 1.89 bits per heavy atom. The van der Waals surface area contributed by atoms with Crippen LogP contribution in [0.4, 0.5) is 0 Å². The van der Waals surface area contributed by atoms with E-state index < -0.39 is 0 Å². The molecule has 0 rings (SSSR count). The van der Waals surface area contributed by atoms with E-state index in [-0.39, 0.29) is 0 Å². The molecule has 0 aromatic heterocycles. The van der Waals surface area contributed by atoms with Crippen LogP contribution < -0.4 is 0 Å². The molecule has 0 aromatic rings. The number of rotatable bonds is 9. The number of hydrogen-bond acceptors (Lipinski definition) is 1. The fourth-order valence-corrected chi connectivity index (χ4v) is 2.49. The highest BCUT2D eigenvalue weighted by molar-refractivity contribution is 8.00. The molecule has 0 saturated heterocycles. The normalized spacial score (nSPS) is 13.0. The van der Waals surface area contributed by atoms with E-state index in [0.717, 1.165) is 11.0 Å². The summed E-state index contributed by atoms with van der Waals surface area (Å²) in [6, 6.07) is 0. The van der Waals surface area contributed by atoms with Crippen LogP contribution in [-0.2, 0) is 0 Å². The van der Waals surface area contributed by atoms with Crippen LogP contribution in [0.3, 0.4) is 0 Å². The van der Waals surface area contributed by atoms with Crippen molar-refractivity contribution in [3.63, 3.8) is 0 Å². The van der Waals surface area contributed by atoms with Gasteiger partial charge in [0.1, 0.15) is 0 Å². The van der Waals surface area contributed by atoms with E-state index in [0.29, 0.717) is 0 Å². The summed E-state index contributed by atoms with van der Waals surface area (Å²) in [5.74, 6) is 1.16. The first-order valence-corrected chi connectivity index (χ1v) is 8.53. The summed E-state index contributed by atoms with van der Waals surface area (Å²) in [5.41, 5.74) is 4.48. The first-order chi connectivity index (χ1) is 8.91. The third kappa shape index (κ3) is 13.8. The van der Waals surface area contributed by atoms with Gasteiger partial charge in [0.15, 0.2) is 0 Å². The molecule has 0 heterocycles. The summed E-state index contributed by atoms with van der Waals surface area (Å²) >= 11 is 2.01. The molecule has 0 radical (unpaired) electrons. The van der Waals surface area contributed by atoms with Gasteiger partial charge in [-0.15, -0.1) is 0 Å². The van der Waals surface area contributed by atoms with Crippen molar-refractivity contribution in [2.45, 2.75) is 72.5 Å². The van der Waals surface area contributed by atoms with Gasteiger partial charge in [0.05, 0.1) is 0 Å². The van der Waals surface area contributed by atoms with Crippen LogP contribution in [0.25, 0.3) is 0 Å². The van der Waals surface area contributed by atoms with Gasteiger partial charge < -0.3 is 0 Å². The molecule has 0 fully saturated rings. The zero-order valence-electron chi connectivity index (χ0n) is 13.8. The van der Waals surface area contributed by atoms with E-state index >= 15 is 0 Å². The van der Waals surface area contributed by atoms with Gasteiger partial charge in [-0.1, -0.05) is 48.8 Å². The fraction of sp³-hybridized carbons (Fsp3) is 0.667. The number of allylic oxidation sites excluding steroid dienone is 5. The molecule has 19 heavy (non-hydrogen) atoms. The summed E-state index contributed by atoms with van der Waals surface area (Å²) in [4.78, 5) is 0. The molecule has 0 atom stereocenters. The lowest BCUT2D eigenvalue weighted by Crippen LogP contribution is -1.88. The van der Waals surface area contributed by atoms with Crippen molar-refractivity contribution < 1.29 is 0 Å². The van der Waals surface area contributed by atoms with Crippen LogP contribution in [0.15, 0.2) is 34.9 Å². The molecule has 0 aliphatic rings. The third-order valence-corrected chi connectivity index (χ3v) is 4.01. The van der Waals surface area contributed by atoms with Crippen molar-refractivity contribution in [2.75, 3.05) is 5.75 Å². The Morgan fingerprint density at radius 2 is 1.37 bits per heavy atom. The largest absolute Gasteiger partial charge is 0.155 e. The van der Waals surface area contributed by atoms with Crippen LogP contribution in [0.5, 0.6) is 0 Å². The van der Waals surface area contributed by atoms with Crippen LogP contribution in [0.2, 0.25) is 0 Å². The Morgan fingerprint density at radius 1 is 0.842 bits per heavy atom. The van der Waals surface area contributed by atoms with Gasteiger partial charge in [-0.2, -0.15) is 11.8 Å². The third-order valence-electron chi connectivity index (χ3n) is 2.98. The van der Waals surface area contributed by atoms with Crippen LogP contribution in [0.1, 0.15) is 67.2 Å². The Balaban J connectivity index is 3.83. The molecular weight excluding hydrogens is 248 g/mol. The Bertz CT molecular complexity index is 315. The second-order valence-corrected chi connectivity index (χ2v) is 7.45. The van der Waals surface area contributed by atoms with Crippen LogP contribution in [-0.4, -0.2) is 11.0 Å². The minimum absolute atomic E-state index is 0.737. The molecule has 0 bridgehead atoms. The zero-order valence-corrected chi connectivity index (χ0v) is 14.6. The molecule has 0 nitrogen and oxygen atoms in total. The molecule has 0 N–H and O–H groups in total.